The predicted molar refractivity (Wildman–Crippen MR) is 123 cm³/mol. The molecular formula is C25H27N3O3. The van der Waals surface area contributed by atoms with E-state index in [0.29, 0.717) is 35.8 Å². The molecule has 6 heteroatoms. The lowest BCUT2D eigenvalue weighted by Crippen LogP contribution is -2.32. The van der Waals surface area contributed by atoms with Gasteiger partial charge in [0, 0.05) is 17.8 Å². The van der Waals surface area contributed by atoms with Crippen molar-refractivity contribution < 1.29 is 14.3 Å². The van der Waals surface area contributed by atoms with Gasteiger partial charge in [0.2, 0.25) is 5.91 Å². The van der Waals surface area contributed by atoms with Crippen LogP contribution < -0.4 is 15.4 Å². The quantitative estimate of drug-likeness (QED) is 0.541. The number of para-hydroxylation sites is 2. The molecule has 0 fully saturated rings. The molecule has 2 N–H and O–H groups in total. The van der Waals surface area contributed by atoms with Crippen LogP contribution in [0.2, 0.25) is 0 Å². The number of methoxy groups -OCH3 is 1. The molecule has 3 aromatic carbocycles. The van der Waals surface area contributed by atoms with Crippen LogP contribution in [0.5, 0.6) is 5.75 Å². The number of nitrogens with zero attached hydrogens (tertiary/aromatic N) is 1. The summed E-state index contributed by atoms with van der Waals surface area (Å²) in [6.45, 7) is 3.81. The minimum absolute atomic E-state index is 0.0935. The van der Waals surface area contributed by atoms with E-state index in [1.807, 2.05) is 37.3 Å². The first-order valence-electron chi connectivity index (χ1n) is 10.2. The maximum Gasteiger partial charge on any atom is 0.255 e. The van der Waals surface area contributed by atoms with Crippen molar-refractivity contribution in [3.8, 4) is 5.75 Å². The zero-order chi connectivity index (χ0) is 22.1. The molecule has 6 nitrogen and oxygen atoms in total. The van der Waals surface area contributed by atoms with Gasteiger partial charge in [0.15, 0.2) is 0 Å². The van der Waals surface area contributed by atoms with Crippen molar-refractivity contribution in [2.24, 2.45) is 0 Å². The Bertz CT molecular complexity index is 1000. The second-order valence-electron chi connectivity index (χ2n) is 7.07. The highest BCUT2D eigenvalue weighted by atomic mass is 16.5. The number of ether oxygens (including phenoxy) is 1. The molecule has 0 saturated heterocycles. The van der Waals surface area contributed by atoms with Crippen LogP contribution in [0.4, 0.5) is 11.4 Å². The van der Waals surface area contributed by atoms with E-state index in [0.717, 1.165) is 6.54 Å². The van der Waals surface area contributed by atoms with Gasteiger partial charge in [-0.05, 0) is 48.5 Å². The number of carbonyl (C=O) groups excluding carboxylic acids is 2. The third-order valence-corrected chi connectivity index (χ3v) is 4.85. The number of hydrogen-bond donors (Lipinski definition) is 2. The van der Waals surface area contributed by atoms with E-state index in [1.54, 1.807) is 43.5 Å². The maximum absolute atomic E-state index is 12.5. The number of nitrogens with one attached hydrogen (secondary N) is 2. The Labute approximate surface area is 182 Å². The van der Waals surface area contributed by atoms with Crippen molar-refractivity contribution in [1.29, 1.82) is 0 Å². The molecule has 3 aromatic rings. The molecule has 0 bridgehead atoms. The van der Waals surface area contributed by atoms with Crippen LogP contribution in [0.15, 0.2) is 78.9 Å². The lowest BCUT2D eigenvalue weighted by Gasteiger charge is -2.20. The highest BCUT2D eigenvalue weighted by molar-refractivity contribution is 6.05. The summed E-state index contributed by atoms with van der Waals surface area (Å²) in [7, 11) is 1.56. The normalized spacial score (nSPS) is 10.5. The summed E-state index contributed by atoms with van der Waals surface area (Å²) in [5, 5.41) is 5.73. The van der Waals surface area contributed by atoms with E-state index in [1.165, 1.54) is 5.56 Å². The molecule has 3 rings (SSSR count). The molecule has 0 aromatic heterocycles. The van der Waals surface area contributed by atoms with Crippen molar-refractivity contribution in [2.75, 3.05) is 30.8 Å². The second kappa shape index (κ2) is 10.9. The van der Waals surface area contributed by atoms with Gasteiger partial charge >= 0.3 is 0 Å². The van der Waals surface area contributed by atoms with Gasteiger partial charge in [-0.2, -0.15) is 0 Å². The minimum atomic E-state index is -0.248. The van der Waals surface area contributed by atoms with E-state index >= 15 is 0 Å². The monoisotopic (exact) mass is 417 g/mol. The highest BCUT2D eigenvalue weighted by Gasteiger charge is 2.12. The first-order chi connectivity index (χ1) is 15.1. The Morgan fingerprint density at radius 3 is 2.23 bits per heavy atom. The number of likely N-dealkylation sites (N-methyl/N-ethyl adjacent to an activating group) is 1. The predicted octanol–water partition coefficient (Wildman–Crippen LogP) is 4.41. The van der Waals surface area contributed by atoms with Crippen LogP contribution in [0.3, 0.4) is 0 Å². The van der Waals surface area contributed by atoms with Crippen LogP contribution in [0.25, 0.3) is 0 Å². The van der Waals surface area contributed by atoms with E-state index in [4.69, 9.17) is 4.74 Å². The van der Waals surface area contributed by atoms with Crippen molar-refractivity contribution in [3.63, 3.8) is 0 Å². The van der Waals surface area contributed by atoms with Gasteiger partial charge in [0.05, 0.1) is 19.3 Å². The standard InChI is InChI=1S/C25H27N3O3/c1-3-28(17-19-9-5-4-6-10-19)18-24(29)26-21-15-13-20(14-16-21)25(30)27-22-11-7-8-12-23(22)31-2/h4-16H,3,17-18H2,1-2H3,(H,26,29)(H,27,30). The van der Waals surface area contributed by atoms with Crippen molar-refractivity contribution >= 4 is 23.2 Å². The average molecular weight is 418 g/mol. The Morgan fingerprint density at radius 2 is 1.55 bits per heavy atom. The fourth-order valence-corrected chi connectivity index (χ4v) is 3.17. The fraction of sp³-hybridized carbons (Fsp3) is 0.200. The van der Waals surface area contributed by atoms with Gasteiger partial charge in [-0.3, -0.25) is 14.5 Å². The summed E-state index contributed by atoms with van der Waals surface area (Å²) in [5.41, 5.74) is 2.91. The Kier molecular flexibility index (Phi) is 7.79. The van der Waals surface area contributed by atoms with Gasteiger partial charge in [-0.1, -0.05) is 49.4 Å². The van der Waals surface area contributed by atoms with Gasteiger partial charge < -0.3 is 15.4 Å². The third-order valence-electron chi connectivity index (χ3n) is 4.85. The van der Waals surface area contributed by atoms with Gasteiger partial charge in [-0.15, -0.1) is 0 Å². The molecule has 0 atom stereocenters. The lowest BCUT2D eigenvalue weighted by molar-refractivity contribution is -0.117. The summed E-state index contributed by atoms with van der Waals surface area (Å²) < 4.78 is 5.26. The number of benzene rings is 3. The molecule has 0 aliphatic carbocycles. The van der Waals surface area contributed by atoms with Crippen LogP contribution in [-0.2, 0) is 11.3 Å². The summed E-state index contributed by atoms with van der Waals surface area (Å²) in [6, 6.07) is 24.1. The number of anilines is 2. The van der Waals surface area contributed by atoms with Crippen molar-refractivity contribution in [3.05, 3.63) is 90.0 Å². The van der Waals surface area contributed by atoms with Crippen molar-refractivity contribution in [1.82, 2.24) is 4.90 Å². The molecule has 0 heterocycles. The third kappa shape index (κ3) is 6.42. The second-order valence-corrected chi connectivity index (χ2v) is 7.07. The summed E-state index contributed by atoms with van der Waals surface area (Å²) >= 11 is 0. The SMILES string of the molecule is CCN(CC(=O)Nc1ccc(C(=O)Nc2ccccc2OC)cc1)Cc1ccccc1. The van der Waals surface area contributed by atoms with E-state index in [2.05, 4.69) is 27.7 Å². The molecule has 31 heavy (non-hydrogen) atoms. The van der Waals surface area contributed by atoms with E-state index in [9.17, 15) is 9.59 Å². The zero-order valence-electron chi connectivity index (χ0n) is 17.8. The smallest absolute Gasteiger partial charge is 0.255 e. The first-order valence-corrected chi connectivity index (χ1v) is 10.2. The molecule has 0 unspecified atom stereocenters. The number of carbonyl (C=O) groups is 2. The van der Waals surface area contributed by atoms with Crippen LogP contribution >= 0.6 is 0 Å². The summed E-state index contributed by atoms with van der Waals surface area (Å²) in [5.74, 6) is 0.252. The van der Waals surface area contributed by atoms with Gasteiger partial charge in [-0.25, -0.2) is 0 Å². The Hall–Kier alpha value is -3.64. The topological polar surface area (TPSA) is 70.7 Å². The van der Waals surface area contributed by atoms with Crippen LogP contribution in [0.1, 0.15) is 22.8 Å². The average Bonchev–Trinajstić information content (AvgIpc) is 2.80. The summed E-state index contributed by atoms with van der Waals surface area (Å²) in [6.07, 6.45) is 0. The zero-order valence-corrected chi connectivity index (χ0v) is 17.8. The Balaban J connectivity index is 1.55. The minimum Gasteiger partial charge on any atom is -0.495 e. The van der Waals surface area contributed by atoms with Gasteiger partial charge in [0.25, 0.3) is 5.91 Å². The Morgan fingerprint density at radius 1 is 0.871 bits per heavy atom. The molecule has 0 radical (unpaired) electrons. The number of rotatable bonds is 9. The molecular weight excluding hydrogens is 390 g/mol. The molecule has 0 aliphatic heterocycles. The molecule has 0 spiro atoms. The molecule has 0 aliphatic rings. The van der Waals surface area contributed by atoms with E-state index < -0.39 is 0 Å². The largest absolute Gasteiger partial charge is 0.495 e. The number of hydrogen-bond acceptors (Lipinski definition) is 4. The van der Waals surface area contributed by atoms with Crippen LogP contribution in [-0.4, -0.2) is 36.9 Å². The highest BCUT2D eigenvalue weighted by Crippen LogP contribution is 2.23. The lowest BCUT2D eigenvalue weighted by atomic mass is 10.2. The molecule has 2 amide bonds. The fourth-order valence-electron chi connectivity index (χ4n) is 3.17. The van der Waals surface area contributed by atoms with Crippen molar-refractivity contribution in [2.45, 2.75) is 13.5 Å². The number of amides is 2. The molecule has 0 saturated carbocycles. The van der Waals surface area contributed by atoms with E-state index in [-0.39, 0.29) is 11.8 Å². The first kappa shape index (κ1) is 22.1. The van der Waals surface area contributed by atoms with Gasteiger partial charge in [0.1, 0.15) is 5.75 Å². The van der Waals surface area contributed by atoms with Crippen LogP contribution in [0, 0.1) is 0 Å². The molecule has 160 valence electrons. The maximum atomic E-state index is 12.5. The summed E-state index contributed by atoms with van der Waals surface area (Å²) in [4.78, 5) is 27.0.